The summed E-state index contributed by atoms with van der Waals surface area (Å²) in [5.41, 5.74) is 1.83. The van der Waals surface area contributed by atoms with Crippen LogP contribution in [0.2, 0.25) is 0 Å². The number of nitrogens with one attached hydrogen (secondary N) is 2. The van der Waals surface area contributed by atoms with E-state index in [-0.39, 0.29) is 5.39 Å². The first kappa shape index (κ1) is 18.3. The van der Waals surface area contributed by atoms with Crippen LogP contribution in [0.4, 0.5) is 27.6 Å². The zero-order chi connectivity index (χ0) is 19.7. The Labute approximate surface area is 147 Å². The van der Waals surface area contributed by atoms with Crippen molar-refractivity contribution in [3.63, 3.8) is 0 Å². The molecule has 2 N–H and O–H groups in total. The molecule has 11 heteroatoms. The molecule has 1 aromatic heterocycles. The number of para-hydroxylation sites is 1. The van der Waals surface area contributed by atoms with Gasteiger partial charge in [-0.05, 0) is 12.1 Å². The van der Waals surface area contributed by atoms with Crippen LogP contribution in [0.5, 0.6) is 0 Å². The molecule has 6 nitrogen and oxygen atoms in total. The van der Waals surface area contributed by atoms with Gasteiger partial charge in [-0.1, -0.05) is 12.1 Å². The largest absolute Gasteiger partial charge is 0.293 e. The maximum Gasteiger partial charge on any atom is 0.261 e. The monoisotopic (exact) mass is 384 g/mol. The van der Waals surface area contributed by atoms with Crippen molar-refractivity contribution in [1.82, 2.24) is 15.0 Å². The summed E-state index contributed by atoms with van der Waals surface area (Å²) in [7, 11) is 0. The molecule has 0 bridgehead atoms. The van der Waals surface area contributed by atoms with Crippen LogP contribution in [0.15, 0.2) is 35.4 Å². The molecule has 0 saturated carbocycles. The summed E-state index contributed by atoms with van der Waals surface area (Å²) in [4.78, 5) is 28.1. The summed E-state index contributed by atoms with van der Waals surface area (Å²) in [6.45, 7) is -0.612. The van der Waals surface area contributed by atoms with Crippen LogP contribution >= 0.6 is 0 Å². The van der Waals surface area contributed by atoms with Crippen molar-refractivity contribution in [1.29, 1.82) is 0 Å². The summed E-state index contributed by atoms with van der Waals surface area (Å²) in [6, 6.07) is 6.35. The number of amides is 1. The molecule has 3 rings (SSSR count). The van der Waals surface area contributed by atoms with Gasteiger partial charge < -0.3 is 0 Å². The van der Waals surface area contributed by atoms with Crippen LogP contribution in [-0.4, -0.2) is 15.5 Å². The van der Waals surface area contributed by atoms with Gasteiger partial charge in [0, 0.05) is 0 Å². The molecule has 1 heterocycles. The van der Waals surface area contributed by atoms with Crippen LogP contribution < -0.4 is 16.4 Å². The Kier molecular flexibility index (Phi) is 4.75. The first-order valence-corrected chi connectivity index (χ1v) is 7.31. The molecule has 27 heavy (non-hydrogen) atoms. The highest BCUT2D eigenvalue weighted by molar-refractivity contribution is 5.79. The predicted octanol–water partition coefficient (Wildman–Crippen LogP) is 2.24. The number of hydrogen-bond acceptors (Lipinski definition) is 4. The maximum absolute atomic E-state index is 13.5. The van der Waals surface area contributed by atoms with E-state index in [0.29, 0.717) is 5.52 Å². The Morgan fingerprint density at radius 1 is 0.963 bits per heavy atom. The van der Waals surface area contributed by atoms with Crippen molar-refractivity contribution in [3.8, 4) is 0 Å². The normalized spacial score (nSPS) is 10.9. The minimum Gasteiger partial charge on any atom is -0.293 e. The van der Waals surface area contributed by atoms with Crippen LogP contribution in [-0.2, 0) is 11.3 Å². The van der Waals surface area contributed by atoms with Gasteiger partial charge in [0.25, 0.3) is 11.5 Å². The van der Waals surface area contributed by atoms with Crippen molar-refractivity contribution in [2.24, 2.45) is 0 Å². The minimum absolute atomic E-state index is 0.237. The molecule has 0 saturated heterocycles. The van der Waals surface area contributed by atoms with E-state index in [1.165, 1.54) is 6.07 Å². The molecular weight excluding hydrogens is 375 g/mol. The first-order valence-electron chi connectivity index (χ1n) is 7.31. The molecule has 0 aliphatic carbocycles. The third-order valence-electron chi connectivity index (χ3n) is 3.58. The summed E-state index contributed by atoms with van der Waals surface area (Å²) in [6.07, 6.45) is 1.09. The predicted molar refractivity (Wildman–Crippen MR) is 84.0 cm³/mol. The molecule has 0 spiro atoms. The average molecular weight is 384 g/mol. The molecule has 2 aromatic carbocycles. The molecule has 0 aliphatic rings. The van der Waals surface area contributed by atoms with E-state index in [9.17, 15) is 31.5 Å². The van der Waals surface area contributed by atoms with Crippen LogP contribution in [0.1, 0.15) is 0 Å². The molecular formula is C16H9F5N4O2. The molecule has 0 radical (unpaired) electrons. The quantitative estimate of drug-likeness (QED) is 0.313. The molecule has 3 aromatic rings. The highest BCUT2D eigenvalue weighted by Gasteiger charge is 2.26. The Bertz CT molecular complexity index is 1090. The van der Waals surface area contributed by atoms with E-state index in [4.69, 9.17) is 0 Å². The van der Waals surface area contributed by atoms with Crippen molar-refractivity contribution in [2.45, 2.75) is 6.54 Å². The second kappa shape index (κ2) is 7.02. The fourth-order valence-corrected chi connectivity index (χ4v) is 2.26. The zero-order valence-corrected chi connectivity index (χ0v) is 13.2. The number of carbonyl (C=O) groups excluding carboxylic acids is 1. The van der Waals surface area contributed by atoms with Gasteiger partial charge in [-0.2, -0.15) is 0 Å². The number of hydrogen-bond donors (Lipinski definition) is 2. The lowest BCUT2D eigenvalue weighted by molar-refractivity contribution is -0.121. The molecule has 140 valence electrons. The van der Waals surface area contributed by atoms with E-state index in [1.54, 1.807) is 29.1 Å². The van der Waals surface area contributed by atoms with Gasteiger partial charge >= 0.3 is 0 Å². The minimum atomic E-state index is -2.32. The van der Waals surface area contributed by atoms with Gasteiger partial charge in [-0.15, -0.1) is 0 Å². The fourth-order valence-electron chi connectivity index (χ4n) is 2.26. The number of nitrogens with zero attached hydrogens (tertiary/aromatic N) is 2. The number of rotatable bonds is 4. The standard InChI is InChI=1S/C16H9F5N4O2/c17-10-11(18)13(20)15(14(21)12(10)19)24-23-9(26)5-25-6-22-8-4-2-1-3-7(8)16(25)27/h1-4,6,24H,5H2,(H,23,26). The first-order chi connectivity index (χ1) is 12.8. The Balaban J connectivity index is 1.78. The number of aromatic nitrogens is 2. The molecule has 0 fully saturated rings. The lowest BCUT2D eigenvalue weighted by Crippen LogP contribution is -2.36. The topological polar surface area (TPSA) is 76.0 Å². The highest BCUT2D eigenvalue weighted by Crippen LogP contribution is 2.26. The number of hydrazine groups is 1. The van der Waals surface area contributed by atoms with Gasteiger partial charge in [0.1, 0.15) is 12.2 Å². The summed E-state index contributed by atoms with van der Waals surface area (Å²) in [5, 5.41) is 0.237. The fraction of sp³-hybridized carbons (Fsp3) is 0.0625. The second-order valence-electron chi connectivity index (χ2n) is 5.31. The van der Waals surface area contributed by atoms with Gasteiger partial charge in [0.15, 0.2) is 23.3 Å². The SMILES string of the molecule is O=C(Cn1cnc2ccccc2c1=O)NNc1c(F)c(F)c(F)c(F)c1F. The Morgan fingerprint density at radius 2 is 1.56 bits per heavy atom. The van der Waals surface area contributed by atoms with E-state index >= 15 is 0 Å². The molecule has 0 unspecified atom stereocenters. The average Bonchev–Trinajstić information content (AvgIpc) is 2.67. The van der Waals surface area contributed by atoms with Gasteiger partial charge in [-0.25, -0.2) is 26.9 Å². The molecule has 0 atom stereocenters. The Morgan fingerprint density at radius 3 is 2.22 bits per heavy atom. The number of halogens is 5. The Hall–Kier alpha value is -3.50. The third kappa shape index (κ3) is 3.30. The van der Waals surface area contributed by atoms with Gasteiger partial charge in [0.2, 0.25) is 5.82 Å². The summed E-state index contributed by atoms with van der Waals surface area (Å²) >= 11 is 0. The highest BCUT2D eigenvalue weighted by atomic mass is 19.2. The van der Waals surface area contributed by atoms with Crippen molar-refractivity contribution in [2.75, 3.05) is 5.43 Å². The van der Waals surface area contributed by atoms with Gasteiger partial charge in [0.05, 0.1) is 17.2 Å². The van der Waals surface area contributed by atoms with E-state index < -0.39 is 52.8 Å². The maximum atomic E-state index is 13.5. The number of fused-ring (bicyclic) bond motifs is 1. The second-order valence-corrected chi connectivity index (χ2v) is 5.31. The van der Waals surface area contributed by atoms with Crippen molar-refractivity contribution < 1.29 is 26.7 Å². The van der Waals surface area contributed by atoms with Crippen LogP contribution in [0, 0.1) is 29.1 Å². The van der Waals surface area contributed by atoms with Crippen molar-refractivity contribution in [3.05, 3.63) is 70.0 Å². The van der Waals surface area contributed by atoms with E-state index in [0.717, 1.165) is 10.9 Å². The number of benzene rings is 2. The lowest BCUT2D eigenvalue weighted by Gasteiger charge is -2.12. The van der Waals surface area contributed by atoms with Crippen LogP contribution in [0.25, 0.3) is 10.9 Å². The third-order valence-corrected chi connectivity index (χ3v) is 3.58. The molecule has 0 aliphatic heterocycles. The van der Waals surface area contributed by atoms with E-state index in [2.05, 4.69) is 4.98 Å². The molecule has 1 amide bonds. The van der Waals surface area contributed by atoms with Gasteiger partial charge in [-0.3, -0.25) is 25.0 Å². The zero-order valence-electron chi connectivity index (χ0n) is 13.2. The number of anilines is 1. The number of carbonyl (C=O) groups is 1. The van der Waals surface area contributed by atoms with Crippen molar-refractivity contribution >= 4 is 22.5 Å². The smallest absolute Gasteiger partial charge is 0.261 e. The van der Waals surface area contributed by atoms with E-state index in [1.807, 2.05) is 0 Å². The summed E-state index contributed by atoms with van der Waals surface area (Å²) < 4.78 is 67.1. The lowest BCUT2D eigenvalue weighted by atomic mass is 10.2. The van der Waals surface area contributed by atoms with Crippen LogP contribution in [0.3, 0.4) is 0 Å². The summed E-state index contributed by atoms with van der Waals surface area (Å²) in [5.74, 6) is -11.9.